The number of carbonyl (C=O) groups is 2. The fraction of sp³-hybridized carbons (Fsp3) is 0.971. The Bertz CT molecular complexity index is 1270. The summed E-state index contributed by atoms with van der Waals surface area (Å²) in [7, 11) is 5.48. The molecule has 0 aliphatic rings. The monoisotopic (exact) mass is 1190 g/mol. The van der Waals surface area contributed by atoms with Crippen LogP contribution < -0.4 is 5.32 Å². The Balaban J connectivity index is 5.35. The van der Waals surface area contributed by atoms with Crippen LogP contribution >= 0.6 is 21.6 Å². The molecule has 0 spiro atoms. The van der Waals surface area contributed by atoms with E-state index in [1.165, 1.54) is 167 Å². The number of unbranched alkanes of at least 4 members (excludes halogenated alkanes) is 30. The molecule has 0 aliphatic heterocycles. The predicted molar refractivity (Wildman–Crippen MR) is 356 cm³/mol. The highest BCUT2D eigenvalue weighted by atomic mass is 33.1. The van der Waals surface area contributed by atoms with Gasteiger partial charge < -0.3 is 35.5 Å². The van der Waals surface area contributed by atoms with Crippen LogP contribution in [0, 0.1) is 0 Å². The van der Waals surface area contributed by atoms with E-state index in [9.17, 15) is 30.0 Å². The van der Waals surface area contributed by atoms with Gasteiger partial charge in [0.25, 0.3) is 0 Å². The third-order valence-electron chi connectivity index (χ3n) is 16.7. The minimum atomic E-state index is -0.579. The van der Waals surface area contributed by atoms with Gasteiger partial charge in [-0.05, 0) is 84.0 Å². The van der Waals surface area contributed by atoms with Crippen LogP contribution in [0.1, 0.15) is 311 Å². The van der Waals surface area contributed by atoms with E-state index in [4.69, 9.17) is 0 Å². The van der Waals surface area contributed by atoms with Gasteiger partial charge in [0.05, 0.1) is 24.4 Å². The number of hydrogen-bond donors (Lipinski definition) is 5. The summed E-state index contributed by atoms with van der Waals surface area (Å²) in [5.74, 6) is 1.62. The SMILES string of the molecule is CCCCCCCCCCCCC(O)CN(CCCCSSCCC(NC(=O)CCCCN(CC(O)CCCCCCCC)CC(O)CCCCCCCC)C(=O)N(C)CCN(CC)CC)CC(O)CCCCCCCCCCCC. The smallest absolute Gasteiger partial charge is 0.244 e. The average molecular weight is 1190 g/mol. The zero-order valence-corrected chi connectivity index (χ0v) is 56.4. The number of nitrogens with zero attached hydrogens (tertiary/aromatic N) is 4. The molecule has 5 atom stereocenters. The predicted octanol–water partition coefficient (Wildman–Crippen LogP) is 16.2. The minimum absolute atomic E-state index is 0.0308. The van der Waals surface area contributed by atoms with Crippen LogP contribution in [0.4, 0.5) is 0 Å². The third kappa shape index (κ3) is 53.3. The second-order valence-electron chi connectivity index (χ2n) is 24.7. The number of amides is 2. The molecule has 5 N–H and O–H groups in total. The Hall–Kier alpha value is -0.640. The average Bonchev–Trinajstić information content (AvgIpc) is 3.45. The van der Waals surface area contributed by atoms with Gasteiger partial charge in [0.2, 0.25) is 11.8 Å². The van der Waals surface area contributed by atoms with E-state index in [0.717, 1.165) is 128 Å². The zero-order valence-electron chi connectivity index (χ0n) is 54.8. The van der Waals surface area contributed by atoms with E-state index in [1.54, 1.807) is 15.7 Å². The molecule has 0 heterocycles. The van der Waals surface area contributed by atoms with Gasteiger partial charge in [0.15, 0.2) is 0 Å². The van der Waals surface area contributed by atoms with Crippen molar-refractivity contribution in [2.24, 2.45) is 0 Å². The molecule has 0 bridgehead atoms. The van der Waals surface area contributed by atoms with Crippen LogP contribution in [-0.4, -0.2) is 166 Å². The highest BCUT2D eigenvalue weighted by Gasteiger charge is 2.25. The van der Waals surface area contributed by atoms with Crippen molar-refractivity contribution in [3.05, 3.63) is 0 Å². The van der Waals surface area contributed by atoms with Crippen molar-refractivity contribution < 1.29 is 30.0 Å². The number of rotatable bonds is 65. The lowest BCUT2D eigenvalue weighted by Gasteiger charge is -2.28. The van der Waals surface area contributed by atoms with Gasteiger partial charge in [0.1, 0.15) is 6.04 Å². The molecule has 0 rings (SSSR count). The van der Waals surface area contributed by atoms with Crippen LogP contribution in [0.15, 0.2) is 0 Å². The Morgan fingerprint density at radius 3 is 1.02 bits per heavy atom. The van der Waals surface area contributed by atoms with E-state index in [2.05, 4.69) is 61.6 Å². The van der Waals surface area contributed by atoms with Crippen LogP contribution in [0.3, 0.4) is 0 Å². The van der Waals surface area contributed by atoms with Crippen LogP contribution in [0.25, 0.3) is 0 Å². The molecule has 0 fully saturated rings. The summed E-state index contributed by atoms with van der Waals surface area (Å²) in [6, 6.07) is -0.579. The molecule has 0 saturated heterocycles. The molecule has 0 aliphatic carbocycles. The molecular weight excluding hydrogens is 1050 g/mol. The fourth-order valence-electron chi connectivity index (χ4n) is 11.3. The van der Waals surface area contributed by atoms with Gasteiger partial charge in [0, 0.05) is 64.2 Å². The van der Waals surface area contributed by atoms with E-state index in [0.29, 0.717) is 52.0 Å². The molecule has 484 valence electrons. The summed E-state index contributed by atoms with van der Waals surface area (Å²) in [6.07, 6.45) is 46.2. The molecule has 0 saturated carbocycles. The molecule has 11 nitrogen and oxygen atoms in total. The first-order chi connectivity index (χ1) is 39.4. The lowest BCUT2D eigenvalue weighted by Crippen LogP contribution is -2.49. The van der Waals surface area contributed by atoms with E-state index >= 15 is 0 Å². The van der Waals surface area contributed by atoms with Crippen molar-refractivity contribution in [1.29, 1.82) is 0 Å². The molecule has 0 aromatic carbocycles. The lowest BCUT2D eigenvalue weighted by molar-refractivity contribution is -0.135. The normalized spacial score (nSPS) is 13.9. The summed E-state index contributed by atoms with van der Waals surface area (Å²) < 4.78 is 0. The number of aliphatic hydroxyl groups excluding tert-OH is 4. The van der Waals surface area contributed by atoms with Gasteiger partial charge in [-0.25, -0.2) is 0 Å². The molecule has 5 unspecified atom stereocenters. The number of likely N-dealkylation sites (N-methyl/N-ethyl adjacent to an activating group) is 2. The van der Waals surface area contributed by atoms with Crippen molar-refractivity contribution in [3.63, 3.8) is 0 Å². The quantitative estimate of drug-likeness (QED) is 0.0294. The van der Waals surface area contributed by atoms with Crippen molar-refractivity contribution in [3.8, 4) is 0 Å². The Morgan fingerprint density at radius 2 is 0.679 bits per heavy atom. The number of carbonyl (C=O) groups excluding carboxylic acids is 2. The van der Waals surface area contributed by atoms with Gasteiger partial charge >= 0.3 is 0 Å². The summed E-state index contributed by atoms with van der Waals surface area (Å²) in [4.78, 5) is 36.2. The van der Waals surface area contributed by atoms with Crippen LogP contribution in [0.2, 0.25) is 0 Å². The summed E-state index contributed by atoms with van der Waals surface area (Å²) in [5.41, 5.74) is 0. The van der Waals surface area contributed by atoms with E-state index < -0.39 is 18.2 Å². The largest absolute Gasteiger partial charge is 0.392 e. The second-order valence-corrected chi connectivity index (χ2v) is 27.4. The van der Waals surface area contributed by atoms with Gasteiger partial charge in [-0.3, -0.25) is 19.4 Å². The molecule has 0 radical (unpaired) electrons. The zero-order chi connectivity index (χ0) is 59.7. The topological polar surface area (TPSA) is 140 Å². The molecule has 2 amide bonds. The molecule has 0 aromatic rings. The first kappa shape index (κ1) is 80.4. The maximum Gasteiger partial charge on any atom is 0.244 e. The molecule has 13 heteroatoms. The minimum Gasteiger partial charge on any atom is -0.392 e. The summed E-state index contributed by atoms with van der Waals surface area (Å²) in [5, 5.41) is 47.6. The maximum atomic E-state index is 14.0. The second kappa shape index (κ2) is 61.0. The van der Waals surface area contributed by atoms with Crippen LogP contribution in [-0.2, 0) is 9.59 Å². The first-order valence-electron chi connectivity index (χ1n) is 35.1. The lowest BCUT2D eigenvalue weighted by atomic mass is 10.0. The van der Waals surface area contributed by atoms with Gasteiger partial charge in [-0.1, -0.05) is 269 Å². The number of hydrogen-bond acceptors (Lipinski definition) is 11. The first-order valence-corrected chi connectivity index (χ1v) is 37.6. The van der Waals surface area contributed by atoms with E-state index in [-0.39, 0.29) is 24.0 Å². The Labute approximate surface area is 511 Å². The summed E-state index contributed by atoms with van der Waals surface area (Å²) >= 11 is 0. The standard InChI is InChI=1S/C68H139N5O6S2/c1-8-14-18-22-26-28-30-32-36-40-48-64(76)60-73(61-65(77)49-41-37-33-31-29-27-23-19-15-9-2)53-44-45-56-80-81-57-51-66(68(79)70(7)54-55-71(12-5)13-6)69-67(78)50-42-43-52-72(58-62(74)46-38-34-24-20-16-10-3)59-63(75)47-39-35-25-21-17-11-4/h62-66,74-77H,8-61H2,1-7H3,(H,69,78). The summed E-state index contributed by atoms with van der Waals surface area (Å²) in [6.45, 7) is 20.5. The number of nitrogens with one attached hydrogen (secondary N) is 1. The van der Waals surface area contributed by atoms with Crippen LogP contribution in [0.5, 0.6) is 0 Å². The fourth-order valence-corrected chi connectivity index (χ4v) is 13.5. The molecule has 0 aromatic heterocycles. The van der Waals surface area contributed by atoms with Crippen molar-refractivity contribution in [1.82, 2.24) is 24.9 Å². The maximum absolute atomic E-state index is 14.0. The highest BCUT2D eigenvalue weighted by molar-refractivity contribution is 8.76. The third-order valence-corrected chi connectivity index (χ3v) is 19.3. The van der Waals surface area contributed by atoms with Crippen molar-refractivity contribution in [2.75, 3.05) is 84.0 Å². The number of aliphatic hydroxyl groups is 4. The molecular formula is C68H139N5O6S2. The van der Waals surface area contributed by atoms with E-state index in [1.807, 2.05) is 17.8 Å². The Kier molecular flexibility index (Phi) is 60.5. The van der Waals surface area contributed by atoms with Crippen molar-refractivity contribution in [2.45, 2.75) is 342 Å². The highest BCUT2D eigenvalue weighted by Crippen LogP contribution is 2.25. The van der Waals surface area contributed by atoms with Gasteiger partial charge in [-0.15, -0.1) is 0 Å². The Morgan fingerprint density at radius 1 is 0.358 bits per heavy atom. The van der Waals surface area contributed by atoms with Crippen molar-refractivity contribution >= 4 is 33.4 Å². The van der Waals surface area contributed by atoms with Gasteiger partial charge in [-0.2, -0.15) is 0 Å². The molecule has 81 heavy (non-hydrogen) atoms.